The summed E-state index contributed by atoms with van der Waals surface area (Å²) in [5, 5.41) is 8.18. The molecule has 0 radical (unpaired) electrons. The Morgan fingerprint density at radius 2 is 1.92 bits per heavy atom. The first kappa shape index (κ1) is 8.68. The zero-order valence-corrected chi connectivity index (χ0v) is 9.26. The second kappa shape index (κ2) is 3.45. The molecule has 0 amide bonds. The molecule has 2 aromatic rings. The maximum Gasteiger partial charge on any atom is 0.0992 e. The summed E-state index contributed by atoms with van der Waals surface area (Å²) in [4.78, 5) is 1.63. The number of benzene rings is 1. The summed E-state index contributed by atoms with van der Waals surface area (Å²) in [5.41, 5.74) is 2.25. The summed E-state index contributed by atoms with van der Waals surface area (Å²) < 4.78 is 1.15. The molecular weight excluding hydrogens is 277 g/mol. The van der Waals surface area contributed by atoms with Crippen molar-refractivity contribution in [1.82, 2.24) is 15.0 Å². The fourth-order valence-electron chi connectivity index (χ4n) is 1.12. The van der Waals surface area contributed by atoms with Crippen LogP contribution in [0.1, 0.15) is 5.56 Å². The molecule has 0 saturated heterocycles. The van der Waals surface area contributed by atoms with Crippen molar-refractivity contribution in [2.24, 2.45) is 0 Å². The van der Waals surface area contributed by atoms with E-state index in [0.29, 0.717) is 0 Å². The second-order valence-corrected chi connectivity index (χ2v) is 3.94. The SMILES string of the molecule is Cc1ccc(I)c(-n2nccn2)c1. The van der Waals surface area contributed by atoms with E-state index < -0.39 is 0 Å². The van der Waals surface area contributed by atoms with Gasteiger partial charge >= 0.3 is 0 Å². The summed E-state index contributed by atoms with van der Waals surface area (Å²) in [6, 6.07) is 6.21. The number of aryl methyl sites for hydroxylation is 1. The number of nitrogens with zero attached hydrogens (tertiary/aromatic N) is 3. The standard InChI is InChI=1S/C9H8IN3/c1-7-2-3-8(10)9(6-7)13-11-4-5-12-13/h2-6H,1H3. The average Bonchev–Trinajstić information content (AvgIpc) is 2.61. The van der Waals surface area contributed by atoms with Crippen molar-refractivity contribution in [3.05, 3.63) is 39.7 Å². The quantitative estimate of drug-likeness (QED) is 0.752. The van der Waals surface area contributed by atoms with Crippen molar-refractivity contribution in [3.63, 3.8) is 0 Å². The molecule has 0 saturated carbocycles. The molecular formula is C9H8IN3. The van der Waals surface area contributed by atoms with Crippen LogP contribution >= 0.6 is 22.6 Å². The first-order valence-electron chi connectivity index (χ1n) is 3.90. The van der Waals surface area contributed by atoms with Crippen molar-refractivity contribution in [2.75, 3.05) is 0 Å². The highest BCUT2D eigenvalue weighted by Gasteiger charge is 2.02. The second-order valence-electron chi connectivity index (χ2n) is 2.77. The molecule has 0 aliphatic heterocycles. The Balaban J connectivity index is 2.57. The van der Waals surface area contributed by atoms with Gasteiger partial charge in [-0.2, -0.15) is 15.0 Å². The van der Waals surface area contributed by atoms with Crippen LogP contribution < -0.4 is 0 Å². The van der Waals surface area contributed by atoms with Gasteiger partial charge in [-0.05, 0) is 47.2 Å². The van der Waals surface area contributed by atoms with Crippen LogP contribution in [-0.4, -0.2) is 15.0 Å². The number of halogens is 1. The lowest BCUT2D eigenvalue weighted by atomic mass is 10.2. The third-order valence-electron chi connectivity index (χ3n) is 1.74. The maximum atomic E-state index is 4.09. The van der Waals surface area contributed by atoms with Gasteiger partial charge in [0, 0.05) is 3.57 Å². The fourth-order valence-corrected chi connectivity index (χ4v) is 1.67. The molecule has 0 unspecified atom stereocenters. The molecule has 3 nitrogen and oxygen atoms in total. The van der Waals surface area contributed by atoms with Crippen LogP contribution in [0.5, 0.6) is 0 Å². The lowest BCUT2D eigenvalue weighted by molar-refractivity contribution is 0.748. The molecule has 0 fully saturated rings. The summed E-state index contributed by atoms with van der Waals surface area (Å²) in [5.74, 6) is 0. The van der Waals surface area contributed by atoms with E-state index in [0.717, 1.165) is 9.26 Å². The summed E-state index contributed by atoms with van der Waals surface area (Å²) in [7, 11) is 0. The molecule has 66 valence electrons. The molecule has 4 heteroatoms. The lowest BCUT2D eigenvalue weighted by Crippen LogP contribution is -2.01. The molecule has 0 aliphatic carbocycles. The van der Waals surface area contributed by atoms with E-state index in [-0.39, 0.29) is 0 Å². The van der Waals surface area contributed by atoms with Gasteiger partial charge in [0.2, 0.25) is 0 Å². The van der Waals surface area contributed by atoms with Crippen LogP contribution in [0.15, 0.2) is 30.6 Å². The molecule has 0 atom stereocenters. The molecule has 1 heterocycles. The number of rotatable bonds is 1. The van der Waals surface area contributed by atoms with E-state index in [2.05, 4.69) is 57.9 Å². The Morgan fingerprint density at radius 3 is 2.62 bits per heavy atom. The van der Waals surface area contributed by atoms with E-state index in [9.17, 15) is 0 Å². The third-order valence-corrected chi connectivity index (χ3v) is 2.65. The summed E-state index contributed by atoms with van der Waals surface area (Å²) in [6.45, 7) is 2.06. The Kier molecular flexibility index (Phi) is 2.30. The van der Waals surface area contributed by atoms with Crippen LogP contribution in [0.4, 0.5) is 0 Å². The molecule has 0 aliphatic rings. The predicted octanol–water partition coefficient (Wildman–Crippen LogP) is 2.18. The van der Waals surface area contributed by atoms with Crippen LogP contribution in [0.3, 0.4) is 0 Å². The number of aromatic nitrogens is 3. The van der Waals surface area contributed by atoms with Gasteiger partial charge in [-0.15, -0.1) is 0 Å². The van der Waals surface area contributed by atoms with Crippen LogP contribution in [0, 0.1) is 10.5 Å². The molecule has 0 spiro atoms. The summed E-state index contributed by atoms with van der Waals surface area (Å²) in [6.07, 6.45) is 3.36. The third kappa shape index (κ3) is 1.72. The maximum absolute atomic E-state index is 4.09. The van der Waals surface area contributed by atoms with Gasteiger partial charge in [0.05, 0.1) is 18.1 Å². The molecule has 13 heavy (non-hydrogen) atoms. The van der Waals surface area contributed by atoms with Crippen LogP contribution in [0.25, 0.3) is 5.69 Å². The first-order chi connectivity index (χ1) is 6.27. The van der Waals surface area contributed by atoms with Gasteiger partial charge in [-0.3, -0.25) is 0 Å². The molecule has 0 bridgehead atoms. The Morgan fingerprint density at radius 1 is 1.23 bits per heavy atom. The monoisotopic (exact) mass is 285 g/mol. The topological polar surface area (TPSA) is 30.7 Å². The highest BCUT2D eigenvalue weighted by molar-refractivity contribution is 14.1. The van der Waals surface area contributed by atoms with E-state index in [1.807, 2.05) is 0 Å². The largest absolute Gasteiger partial charge is 0.157 e. The zero-order valence-electron chi connectivity index (χ0n) is 7.11. The van der Waals surface area contributed by atoms with E-state index >= 15 is 0 Å². The molecule has 2 rings (SSSR count). The van der Waals surface area contributed by atoms with Crippen molar-refractivity contribution >= 4 is 22.6 Å². The van der Waals surface area contributed by atoms with Crippen molar-refractivity contribution in [2.45, 2.75) is 6.92 Å². The Bertz CT molecular complexity index is 409. The minimum atomic E-state index is 1.03. The van der Waals surface area contributed by atoms with Gasteiger partial charge in [0.25, 0.3) is 0 Å². The van der Waals surface area contributed by atoms with E-state index in [1.54, 1.807) is 17.2 Å². The molecule has 0 N–H and O–H groups in total. The van der Waals surface area contributed by atoms with Gasteiger partial charge in [0.15, 0.2) is 0 Å². The highest BCUT2D eigenvalue weighted by Crippen LogP contribution is 2.16. The minimum absolute atomic E-state index is 1.03. The number of hydrogen-bond donors (Lipinski definition) is 0. The van der Waals surface area contributed by atoms with Crippen molar-refractivity contribution in [1.29, 1.82) is 0 Å². The zero-order chi connectivity index (χ0) is 9.26. The highest BCUT2D eigenvalue weighted by atomic mass is 127. The molecule has 1 aromatic carbocycles. The fraction of sp³-hybridized carbons (Fsp3) is 0.111. The average molecular weight is 285 g/mol. The van der Waals surface area contributed by atoms with Crippen LogP contribution in [-0.2, 0) is 0 Å². The van der Waals surface area contributed by atoms with Gasteiger partial charge < -0.3 is 0 Å². The van der Waals surface area contributed by atoms with E-state index in [4.69, 9.17) is 0 Å². The Labute approximate surface area is 89.9 Å². The van der Waals surface area contributed by atoms with Gasteiger partial charge in [-0.1, -0.05) is 6.07 Å². The smallest absolute Gasteiger partial charge is 0.0992 e. The van der Waals surface area contributed by atoms with Gasteiger partial charge in [0.1, 0.15) is 0 Å². The normalized spacial score (nSPS) is 10.3. The predicted molar refractivity (Wildman–Crippen MR) is 58.8 cm³/mol. The first-order valence-corrected chi connectivity index (χ1v) is 4.98. The van der Waals surface area contributed by atoms with Crippen molar-refractivity contribution in [3.8, 4) is 5.69 Å². The van der Waals surface area contributed by atoms with E-state index in [1.165, 1.54) is 5.56 Å². The van der Waals surface area contributed by atoms with Crippen LogP contribution in [0.2, 0.25) is 0 Å². The number of hydrogen-bond acceptors (Lipinski definition) is 2. The van der Waals surface area contributed by atoms with Crippen molar-refractivity contribution < 1.29 is 0 Å². The minimum Gasteiger partial charge on any atom is -0.157 e. The lowest BCUT2D eigenvalue weighted by Gasteiger charge is -2.03. The van der Waals surface area contributed by atoms with Gasteiger partial charge in [-0.25, -0.2) is 0 Å². The Hall–Kier alpha value is -0.910. The summed E-state index contributed by atoms with van der Waals surface area (Å²) >= 11 is 2.28. The molecule has 1 aromatic heterocycles.